The number of sulfonamides is 1. The Kier molecular flexibility index (Phi) is 7.05. The average Bonchev–Trinajstić information content (AvgIpc) is 3.15. The summed E-state index contributed by atoms with van der Waals surface area (Å²) in [5.41, 5.74) is -0.0254. The Labute approximate surface area is 188 Å². The molecule has 0 aromatic heterocycles. The lowest BCUT2D eigenvalue weighted by molar-refractivity contribution is -0.125. The Hall–Kier alpha value is -1.62. The number of ether oxygens (including phenoxy) is 1. The normalized spacial score (nSPS) is 25.5. The van der Waals surface area contributed by atoms with Crippen LogP contribution >= 0.6 is 11.8 Å². The maximum absolute atomic E-state index is 13.0. The van der Waals surface area contributed by atoms with Gasteiger partial charge in [0, 0.05) is 29.9 Å². The molecule has 3 atom stereocenters. The Morgan fingerprint density at radius 3 is 2.23 bits per heavy atom. The minimum Gasteiger partial charge on any atom is -0.373 e. The summed E-state index contributed by atoms with van der Waals surface area (Å²) in [5.74, 6) is 0.496. The van der Waals surface area contributed by atoms with Crippen molar-refractivity contribution in [3.8, 4) is 0 Å². The van der Waals surface area contributed by atoms with Gasteiger partial charge in [-0.2, -0.15) is 4.31 Å². The fraction of sp³-hybridized carbons (Fsp3) is 0.619. The van der Waals surface area contributed by atoms with E-state index in [0.717, 1.165) is 0 Å². The van der Waals surface area contributed by atoms with Gasteiger partial charge in [0.2, 0.25) is 15.9 Å². The van der Waals surface area contributed by atoms with Crippen molar-refractivity contribution in [1.29, 1.82) is 0 Å². The van der Waals surface area contributed by atoms with Crippen LogP contribution in [0.1, 0.15) is 45.0 Å². The van der Waals surface area contributed by atoms with Crippen LogP contribution in [-0.2, 0) is 19.6 Å². The van der Waals surface area contributed by atoms with E-state index in [0.29, 0.717) is 30.3 Å². The molecule has 172 valence electrons. The van der Waals surface area contributed by atoms with E-state index in [1.165, 1.54) is 40.3 Å². The van der Waals surface area contributed by atoms with Crippen molar-refractivity contribution < 1.29 is 22.7 Å². The molecule has 1 aromatic rings. The number of thioether (sulfide) groups is 1. The number of morpholine rings is 1. The summed E-state index contributed by atoms with van der Waals surface area (Å²) in [5, 5.41) is 2.93. The van der Waals surface area contributed by atoms with E-state index in [2.05, 4.69) is 5.32 Å². The van der Waals surface area contributed by atoms with Gasteiger partial charge in [-0.25, -0.2) is 8.42 Å². The molecular formula is C21H31N3O5S2. The molecule has 2 aliphatic rings. The lowest BCUT2D eigenvalue weighted by atomic mass is 10.1. The van der Waals surface area contributed by atoms with Gasteiger partial charge in [0.05, 0.1) is 23.0 Å². The highest BCUT2D eigenvalue weighted by molar-refractivity contribution is 7.99. The molecule has 1 aromatic carbocycles. The van der Waals surface area contributed by atoms with Crippen molar-refractivity contribution in [2.75, 3.05) is 24.7 Å². The molecule has 0 aliphatic carbocycles. The van der Waals surface area contributed by atoms with Gasteiger partial charge in [-0.15, -0.1) is 11.8 Å². The lowest BCUT2D eigenvalue weighted by Crippen LogP contribution is -2.52. The SMILES string of the molecule is CC1CN(S(=O)(=O)c2ccc(C(=O)N3CSCC3C(=O)NC(C)(C)C)cc2)CC(C)O1. The van der Waals surface area contributed by atoms with Crippen LogP contribution < -0.4 is 5.32 Å². The molecule has 0 saturated carbocycles. The zero-order valence-corrected chi connectivity index (χ0v) is 20.3. The van der Waals surface area contributed by atoms with Crippen molar-refractivity contribution >= 4 is 33.6 Å². The third kappa shape index (κ3) is 5.60. The standard InChI is InChI=1S/C21H31N3O5S2/c1-14-10-23(11-15(2)29-14)31(27,28)17-8-6-16(7-9-17)20(26)24-13-30-12-18(24)19(25)22-21(3,4)5/h6-9,14-15,18H,10-13H2,1-5H3,(H,22,25). The number of nitrogens with one attached hydrogen (secondary N) is 1. The van der Waals surface area contributed by atoms with Gasteiger partial charge >= 0.3 is 0 Å². The minimum absolute atomic E-state index is 0.142. The van der Waals surface area contributed by atoms with Crippen molar-refractivity contribution in [3.05, 3.63) is 29.8 Å². The maximum atomic E-state index is 13.0. The number of carbonyl (C=O) groups is 2. The average molecular weight is 470 g/mol. The summed E-state index contributed by atoms with van der Waals surface area (Å²) in [7, 11) is -3.67. The second-order valence-corrected chi connectivity index (χ2v) is 12.1. The molecule has 2 aliphatic heterocycles. The third-order valence-electron chi connectivity index (χ3n) is 5.07. The van der Waals surface area contributed by atoms with E-state index in [-0.39, 0.29) is 34.5 Å². The number of amides is 2. The Balaban J connectivity index is 1.75. The molecule has 2 amide bonds. The molecule has 1 N–H and O–H groups in total. The number of hydrogen-bond acceptors (Lipinski definition) is 6. The van der Waals surface area contributed by atoms with Crippen LogP contribution in [0.3, 0.4) is 0 Å². The summed E-state index contributed by atoms with van der Waals surface area (Å²) in [6, 6.07) is 5.41. The molecule has 8 nitrogen and oxygen atoms in total. The topological polar surface area (TPSA) is 96.0 Å². The van der Waals surface area contributed by atoms with Gasteiger partial charge in [-0.3, -0.25) is 9.59 Å². The smallest absolute Gasteiger partial charge is 0.255 e. The quantitative estimate of drug-likeness (QED) is 0.724. The first-order valence-corrected chi connectivity index (χ1v) is 12.9. The molecule has 10 heteroatoms. The van der Waals surface area contributed by atoms with Crippen LogP contribution in [0.4, 0.5) is 0 Å². The Morgan fingerprint density at radius 1 is 1.10 bits per heavy atom. The van der Waals surface area contributed by atoms with Gasteiger partial charge < -0.3 is 15.0 Å². The molecule has 2 saturated heterocycles. The van der Waals surface area contributed by atoms with Crippen LogP contribution in [0.15, 0.2) is 29.2 Å². The van der Waals surface area contributed by atoms with E-state index < -0.39 is 16.1 Å². The first-order valence-electron chi connectivity index (χ1n) is 10.3. The molecule has 2 fully saturated rings. The number of rotatable bonds is 4. The lowest BCUT2D eigenvalue weighted by Gasteiger charge is -2.34. The second-order valence-electron chi connectivity index (χ2n) is 9.13. The Bertz CT molecular complexity index is 917. The predicted molar refractivity (Wildman–Crippen MR) is 120 cm³/mol. The Morgan fingerprint density at radius 2 is 1.68 bits per heavy atom. The minimum atomic E-state index is -3.67. The van der Waals surface area contributed by atoms with Crippen molar-refractivity contribution in [3.63, 3.8) is 0 Å². The monoisotopic (exact) mass is 469 g/mol. The number of benzene rings is 1. The zero-order chi connectivity index (χ0) is 23.0. The van der Waals surface area contributed by atoms with E-state index >= 15 is 0 Å². The highest BCUT2D eigenvalue weighted by Crippen LogP contribution is 2.26. The van der Waals surface area contributed by atoms with Gasteiger partial charge in [-0.05, 0) is 58.9 Å². The predicted octanol–water partition coefficient (Wildman–Crippen LogP) is 1.91. The first-order chi connectivity index (χ1) is 14.4. The van der Waals surface area contributed by atoms with Gasteiger partial charge in [0.1, 0.15) is 6.04 Å². The second kappa shape index (κ2) is 9.09. The molecule has 0 bridgehead atoms. The number of nitrogens with zero attached hydrogens (tertiary/aromatic N) is 2. The van der Waals surface area contributed by atoms with Crippen molar-refractivity contribution in [1.82, 2.24) is 14.5 Å². The van der Waals surface area contributed by atoms with E-state index in [9.17, 15) is 18.0 Å². The summed E-state index contributed by atoms with van der Waals surface area (Å²) < 4.78 is 33.1. The first kappa shape index (κ1) is 24.0. The van der Waals surface area contributed by atoms with Gasteiger partial charge in [0.15, 0.2) is 0 Å². The van der Waals surface area contributed by atoms with E-state index in [1.54, 1.807) is 4.90 Å². The number of carbonyl (C=O) groups excluding carboxylic acids is 2. The molecule has 31 heavy (non-hydrogen) atoms. The largest absolute Gasteiger partial charge is 0.373 e. The summed E-state index contributed by atoms with van der Waals surface area (Å²) in [4.78, 5) is 27.3. The highest BCUT2D eigenvalue weighted by Gasteiger charge is 2.37. The van der Waals surface area contributed by atoms with Gasteiger partial charge in [-0.1, -0.05) is 0 Å². The van der Waals surface area contributed by atoms with Crippen LogP contribution in [-0.4, -0.2) is 77.9 Å². The van der Waals surface area contributed by atoms with Crippen LogP contribution in [0.5, 0.6) is 0 Å². The molecule has 3 rings (SSSR count). The van der Waals surface area contributed by atoms with Crippen LogP contribution in [0.25, 0.3) is 0 Å². The molecule has 2 heterocycles. The summed E-state index contributed by atoms with van der Waals surface area (Å²) in [6.07, 6.45) is -0.355. The molecule has 3 unspecified atom stereocenters. The fourth-order valence-corrected chi connectivity index (χ4v) is 6.47. The zero-order valence-electron chi connectivity index (χ0n) is 18.6. The maximum Gasteiger partial charge on any atom is 0.255 e. The fourth-order valence-electron chi connectivity index (χ4n) is 3.72. The van der Waals surface area contributed by atoms with Crippen LogP contribution in [0.2, 0.25) is 0 Å². The van der Waals surface area contributed by atoms with E-state index in [4.69, 9.17) is 4.74 Å². The van der Waals surface area contributed by atoms with Gasteiger partial charge in [0.25, 0.3) is 5.91 Å². The number of hydrogen-bond donors (Lipinski definition) is 1. The molecular weight excluding hydrogens is 438 g/mol. The van der Waals surface area contributed by atoms with Crippen molar-refractivity contribution in [2.24, 2.45) is 0 Å². The van der Waals surface area contributed by atoms with E-state index in [1.807, 2.05) is 34.6 Å². The van der Waals surface area contributed by atoms with Crippen molar-refractivity contribution in [2.45, 2.75) is 63.3 Å². The summed E-state index contributed by atoms with van der Waals surface area (Å²) in [6.45, 7) is 9.98. The molecule has 0 radical (unpaired) electrons. The van der Waals surface area contributed by atoms with Crippen LogP contribution in [0, 0.1) is 0 Å². The molecule has 0 spiro atoms. The third-order valence-corrected chi connectivity index (χ3v) is 7.93. The summed E-state index contributed by atoms with van der Waals surface area (Å²) >= 11 is 1.52. The highest BCUT2D eigenvalue weighted by atomic mass is 32.2.